The van der Waals surface area contributed by atoms with Crippen molar-refractivity contribution in [2.24, 2.45) is 0 Å². The lowest BCUT2D eigenvalue weighted by Gasteiger charge is -2.26. The average molecular weight is 331 g/mol. The number of carbonyl (C=O) groups excluding carboxylic acids is 1. The number of carbonyl (C=O) groups is 2. The van der Waals surface area contributed by atoms with Gasteiger partial charge in [-0.25, -0.2) is 9.18 Å². The van der Waals surface area contributed by atoms with Gasteiger partial charge in [0.15, 0.2) is 0 Å². The molecule has 0 atom stereocenters. The lowest BCUT2D eigenvalue weighted by Crippen LogP contribution is -2.42. The van der Waals surface area contributed by atoms with E-state index in [-0.39, 0.29) is 19.0 Å². The van der Waals surface area contributed by atoms with Gasteiger partial charge in [0.1, 0.15) is 5.82 Å². The number of carboxylic acids is 1. The highest BCUT2D eigenvalue weighted by atomic mass is 35.5. The fourth-order valence-corrected chi connectivity index (χ4v) is 2.36. The second-order valence-corrected chi connectivity index (χ2v) is 6.02. The van der Waals surface area contributed by atoms with Crippen LogP contribution in [0, 0.1) is 5.82 Å². The molecule has 0 aromatic heterocycles. The van der Waals surface area contributed by atoms with Crippen molar-refractivity contribution in [1.82, 2.24) is 10.6 Å². The summed E-state index contributed by atoms with van der Waals surface area (Å²) in [6.45, 7) is 4.37. The first kappa shape index (κ1) is 18.2. The zero-order valence-corrected chi connectivity index (χ0v) is 13.3. The first-order valence-electron chi connectivity index (χ1n) is 6.91. The number of nitrogens with one attached hydrogen (secondary N) is 2. The standard InChI is InChI=1S/C15H20ClFN2O3/c1-15(2,11-6-5-10(17)8-12(11)16)9-19-14(22)18-7-3-4-13(20)21/h5-6,8H,3-4,7,9H2,1-2H3,(H,20,21)(H2,18,19,22). The first-order valence-corrected chi connectivity index (χ1v) is 7.29. The van der Waals surface area contributed by atoms with Crippen molar-refractivity contribution in [2.45, 2.75) is 32.1 Å². The highest BCUT2D eigenvalue weighted by Crippen LogP contribution is 2.29. The third-order valence-electron chi connectivity index (χ3n) is 3.20. The second kappa shape index (κ2) is 7.98. The number of rotatable bonds is 7. The Kier molecular flexibility index (Phi) is 6.61. The van der Waals surface area contributed by atoms with Gasteiger partial charge in [0, 0.05) is 29.9 Å². The number of amides is 2. The fourth-order valence-electron chi connectivity index (χ4n) is 1.94. The first-order chi connectivity index (χ1) is 10.2. The summed E-state index contributed by atoms with van der Waals surface area (Å²) in [7, 11) is 0. The third-order valence-corrected chi connectivity index (χ3v) is 3.52. The van der Waals surface area contributed by atoms with Gasteiger partial charge in [-0.15, -0.1) is 0 Å². The molecule has 0 bridgehead atoms. The van der Waals surface area contributed by atoms with Crippen LogP contribution in [0.3, 0.4) is 0 Å². The van der Waals surface area contributed by atoms with Gasteiger partial charge < -0.3 is 15.7 Å². The molecule has 0 aliphatic carbocycles. The van der Waals surface area contributed by atoms with Crippen LogP contribution >= 0.6 is 11.6 Å². The maximum atomic E-state index is 13.1. The zero-order chi connectivity index (χ0) is 16.8. The van der Waals surface area contributed by atoms with Crippen molar-refractivity contribution >= 4 is 23.6 Å². The number of benzene rings is 1. The predicted octanol–water partition coefficient (Wildman–Crippen LogP) is 2.92. The van der Waals surface area contributed by atoms with Crippen LogP contribution in [-0.4, -0.2) is 30.2 Å². The minimum absolute atomic E-state index is 0.0109. The summed E-state index contributed by atoms with van der Waals surface area (Å²) in [6.07, 6.45) is 0.382. The molecule has 0 saturated carbocycles. The topological polar surface area (TPSA) is 78.4 Å². The Hall–Kier alpha value is -1.82. The van der Waals surface area contributed by atoms with Crippen LogP contribution in [0.2, 0.25) is 5.02 Å². The maximum absolute atomic E-state index is 13.1. The molecule has 7 heteroatoms. The molecule has 3 N–H and O–H groups in total. The molecule has 1 aromatic carbocycles. The number of hydrogen-bond donors (Lipinski definition) is 3. The molecule has 0 fully saturated rings. The highest BCUT2D eigenvalue weighted by Gasteiger charge is 2.24. The monoisotopic (exact) mass is 330 g/mol. The van der Waals surface area contributed by atoms with E-state index in [2.05, 4.69) is 10.6 Å². The molecule has 0 unspecified atom stereocenters. The van der Waals surface area contributed by atoms with Gasteiger partial charge in [0.05, 0.1) is 0 Å². The van der Waals surface area contributed by atoms with E-state index in [0.29, 0.717) is 18.0 Å². The average Bonchev–Trinajstić information content (AvgIpc) is 2.41. The smallest absolute Gasteiger partial charge is 0.314 e. The molecule has 1 aromatic rings. The van der Waals surface area contributed by atoms with Gasteiger partial charge in [-0.1, -0.05) is 31.5 Å². The Bertz CT molecular complexity index is 550. The van der Waals surface area contributed by atoms with Crippen molar-refractivity contribution in [3.05, 3.63) is 34.6 Å². The van der Waals surface area contributed by atoms with Gasteiger partial charge in [-0.3, -0.25) is 4.79 Å². The van der Waals surface area contributed by atoms with E-state index in [0.717, 1.165) is 5.56 Å². The van der Waals surface area contributed by atoms with Crippen molar-refractivity contribution in [3.8, 4) is 0 Å². The number of halogens is 2. The van der Waals surface area contributed by atoms with E-state index in [1.165, 1.54) is 12.1 Å². The molecule has 0 spiro atoms. The zero-order valence-electron chi connectivity index (χ0n) is 12.6. The number of urea groups is 1. The normalized spacial score (nSPS) is 11.1. The summed E-state index contributed by atoms with van der Waals surface area (Å²) in [6, 6.07) is 3.79. The molecule has 0 radical (unpaired) electrons. The van der Waals surface area contributed by atoms with Gasteiger partial charge >= 0.3 is 12.0 Å². The fraction of sp³-hybridized carbons (Fsp3) is 0.467. The number of hydrogen-bond acceptors (Lipinski definition) is 2. The second-order valence-electron chi connectivity index (χ2n) is 5.61. The summed E-state index contributed by atoms with van der Waals surface area (Å²) in [4.78, 5) is 22.0. The van der Waals surface area contributed by atoms with Crippen LogP contribution in [0.15, 0.2) is 18.2 Å². The Morgan fingerprint density at radius 1 is 1.32 bits per heavy atom. The van der Waals surface area contributed by atoms with Crippen molar-refractivity contribution in [3.63, 3.8) is 0 Å². The molecule has 0 saturated heterocycles. The van der Waals surface area contributed by atoms with E-state index in [1.54, 1.807) is 6.07 Å². The lowest BCUT2D eigenvalue weighted by molar-refractivity contribution is -0.137. The maximum Gasteiger partial charge on any atom is 0.314 e. The number of aliphatic carboxylic acids is 1. The molecule has 122 valence electrons. The van der Waals surface area contributed by atoms with Crippen molar-refractivity contribution in [2.75, 3.05) is 13.1 Å². The molecule has 0 aliphatic rings. The van der Waals surface area contributed by atoms with E-state index in [9.17, 15) is 14.0 Å². The van der Waals surface area contributed by atoms with E-state index < -0.39 is 17.2 Å². The van der Waals surface area contributed by atoms with Crippen LogP contribution in [-0.2, 0) is 10.2 Å². The Morgan fingerprint density at radius 2 is 2.00 bits per heavy atom. The van der Waals surface area contributed by atoms with E-state index in [1.807, 2.05) is 13.8 Å². The Balaban J connectivity index is 2.48. The summed E-state index contributed by atoms with van der Waals surface area (Å²) in [5, 5.41) is 14.1. The number of carboxylic acid groups (broad SMARTS) is 1. The van der Waals surface area contributed by atoms with Crippen LogP contribution in [0.4, 0.5) is 9.18 Å². The van der Waals surface area contributed by atoms with Gasteiger partial charge in [-0.2, -0.15) is 0 Å². The van der Waals surface area contributed by atoms with Crippen LogP contribution in [0.25, 0.3) is 0 Å². The summed E-state index contributed by atoms with van der Waals surface area (Å²) in [5.74, 6) is -1.30. The molecule has 1 rings (SSSR count). The lowest BCUT2D eigenvalue weighted by atomic mass is 9.84. The van der Waals surface area contributed by atoms with Crippen LogP contribution in [0.1, 0.15) is 32.3 Å². The van der Waals surface area contributed by atoms with Crippen molar-refractivity contribution < 1.29 is 19.1 Å². The Morgan fingerprint density at radius 3 is 2.59 bits per heavy atom. The molecule has 22 heavy (non-hydrogen) atoms. The largest absolute Gasteiger partial charge is 0.481 e. The minimum atomic E-state index is -0.894. The molecule has 0 aliphatic heterocycles. The third kappa shape index (κ3) is 5.89. The van der Waals surface area contributed by atoms with Crippen LogP contribution < -0.4 is 10.6 Å². The predicted molar refractivity (Wildman–Crippen MR) is 82.7 cm³/mol. The van der Waals surface area contributed by atoms with Gasteiger partial charge in [-0.05, 0) is 24.1 Å². The van der Waals surface area contributed by atoms with E-state index >= 15 is 0 Å². The van der Waals surface area contributed by atoms with Crippen molar-refractivity contribution in [1.29, 1.82) is 0 Å². The SMILES string of the molecule is CC(C)(CNC(=O)NCCCC(=O)O)c1ccc(F)cc1Cl. The minimum Gasteiger partial charge on any atom is -0.481 e. The quantitative estimate of drug-likeness (QED) is 0.673. The molecular weight excluding hydrogens is 311 g/mol. The molecular formula is C15H20ClFN2O3. The molecule has 2 amide bonds. The Labute approximate surface area is 133 Å². The molecule has 5 nitrogen and oxygen atoms in total. The van der Waals surface area contributed by atoms with Gasteiger partial charge in [0.2, 0.25) is 0 Å². The molecule has 0 heterocycles. The summed E-state index contributed by atoms with van der Waals surface area (Å²) in [5.41, 5.74) is 0.269. The van der Waals surface area contributed by atoms with E-state index in [4.69, 9.17) is 16.7 Å². The van der Waals surface area contributed by atoms with Gasteiger partial charge in [0.25, 0.3) is 0 Å². The van der Waals surface area contributed by atoms with Crippen LogP contribution in [0.5, 0.6) is 0 Å². The summed E-state index contributed by atoms with van der Waals surface area (Å²) >= 11 is 6.04. The highest BCUT2D eigenvalue weighted by molar-refractivity contribution is 6.31. The summed E-state index contributed by atoms with van der Waals surface area (Å²) < 4.78 is 13.1.